The molecule has 0 aliphatic carbocycles. The number of nitrogens with one attached hydrogen (secondary N) is 1. The fourth-order valence-electron chi connectivity index (χ4n) is 3.21. The van der Waals surface area contributed by atoms with Gasteiger partial charge in [-0.25, -0.2) is 4.39 Å². The van der Waals surface area contributed by atoms with Gasteiger partial charge in [-0.05, 0) is 37.0 Å². The van der Waals surface area contributed by atoms with Gasteiger partial charge in [0.1, 0.15) is 5.82 Å². The van der Waals surface area contributed by atoms with Crippen molar-refractivity contribution in [3.63, 3.8) is 0 Å². The summed E-state index contributed by atoms with van der Waals surface area (Å²) in [7, 11) is 0. The third-order valence-corrected chi connectivity index (χ3v) is 5.81. The lowest BCUT2D eigenvalue weighted by Crippen LogP contribution is -2.43. The molecule has 1 saturated heterocycles. The van der Waals surface area contributed by atoms with Crippen LogP contribution in [0.5, 0.6) is 0 Å². The van der Waals surface area contributed by atoms with Crippen LogP contribution < -0.4 is 5.32 Å². The monoisotopic (exact) mass is 405 g/mol. The van der Waals surface area contributed by atoms with Crippen molar-refractivity contribution >= 4 is 28.2 Å². The number of rotatable bonds is 6. The van der Waals surface area contributed by atoms with E-state index in [1.165, 1.54) is 18.2 Å². The molecule has 1 fully saturated rings. The van der Waals surface area contributed by atoms with Crippen LogP contribution in [0, 0.1) is 21.8 Å². The topological polar surface area (TPSA) is 92.6 Å². The number of hydrogen-bond acceptors (Lipinski definition) is 5. The van der Waals surface area contributed by atoms with Gasteiger partial charge in [0.15, 0.2) is 0 Å². The van der Waals surface area contributed by atoms with Gasteiger partial charge in [-0.15, -0.1) is 0 Å². The fraction of sp³-hybridized carbons (Fsp3) is 0.368. The Hall–Kier alpha value is -2.81. The summed E-state index contributed by atoms with van der Waals surface area (Å²) in [5.74, 6) is -0.800. The maximum Gasteiger partial charge on any atom is 0.324 e. The molecule has 1 aliphatic heterocycles. The summed E-state index contributed by atoms with van der Waals surface area (Å²) in [4.78, 5) is 37.0. The number of nitro groups is 1. The molecule has 28 heavy (non-hydrogen) atoms. The third kappa shape index (κ3) is 4.72. The van der Waals surface area contributed by atoms with Crippen LogP contribution >= 0.6 is 11.3 Å². The first-order valence-corrected chi connectivity index (χ1v) is 9.82. The number of likely N-dealkylation sites (tertiary alicyclic amines) is 1. The van der Waals surface area contributed by atoms with Crippen LogP contribution in [-0.4, -0.2) is 41.3 Å². The summed E-state index contributed by atoms with van der Waals surface area (Å²) in [6, 6.07) is 9.27. The Balaban J connectivity index is 1.45. The molecule has 3 rings (SSSR count). The average Bonchev–Trinajstić information content (AvgIpc) is 3.19. The van der Waals surface area contributed by atoms with Crippen molar-refractivity contribution in [1.82, 2.24) is 10.2 Å². The number of benzene rings is 1. The number of carbonyl (C=O) groups excluding carboxylic acids is 2. The van der Waals surface area contributed by atoms with E-state index in [2.05, 4.69) is 5.32 Å². The van der Waals surface area contributed by atoms with Gasteiger partial charge >= 0.3 is 5.00 Å². The highest BCUT2D eigenvalue weighted by molar-refractivity contribution is 7.17. The summed E-state index contributed by atoms with van der Waals surface area (Å²) < 4.78 is 13.6. The molecule has 2 aromatic rings. The molecule has 1 aromatic heterocycles. The third-order valence-electron chi connectivity index (χ3n) is 4.79. The molecule has 7 nitrogen and oxygen atoms in total. The Bertz CT molecular complexity index is 878. The first-order valence-electron chi connectivity index (χ1n) is 9.00. The second kappa shape index (κ2) is 8.92. The van der Waals surface area contributed by atoms with Crippen LogP contribution in [0.2, 0.25) is 0 Å². The van der Waals surface area contributed by atoms with E-state index in [1.807, 2.05) is 0 Å². The van der Waals surface area contributed by atoms with E-state index < -0.39 is 4.92 Å². The van der Waals surface area contributed by atoms with Crippen molar-refractivity contribution in [2.75, 3.05) is 19.6 Å². The maximum atomic E-state index is 13.6. The molecule has 2 amide bonds. The highest BCUT2D eigenvalue weighted by Crippen LogP contribution is 2.27. The quantitative estimate of drug-likeness (QED) is 0.591. The number of thiophene rings is 1. The largest absolute Gasteiger partial charge is 0.356 e. The minimum absolute atomic E-state index is 0.0625. The SMILES string of the molecule is O=C(NCCc1ccccc1F)C1CCN(C(=O)c2ccc([N+](=O)[O-])s2)CC1. The summed E-state index contributed by atoms with van der Waals surface area (Å²) in [6.45, 7) is 1.21. The van der Waals surface area contributed by atoms with E-state index in [1.54, 1.807) is 23.1 Å². The second-order valence-electron chi connectivity index (χ2n) is 6.59. The van der Waals surface area contributed by atoms with Crippen LogP contribution in [0.15, 0.2) is 36.4 Å². The van der Waals surface area contributed by atoms with Gasteiger partial charge in [0, 0.05) is 31.6 Å². The highest BCUT2D eigenvalue weighted by Gasteiger charge is 2.29. The Morgan fingerprint density at radius 1 is 1.21 bits per heavy atom. The molecule has 0 spiro atoms. The van der Waals surface area contributed by atoms with Crippen LogP contribution in [0.1, 0.15) is 28.1 Å². The molecule has 1 aromatic carbocycles. The Morgan fingerprint density at radius 2 is 1.93 bits per heavy atom. The van der Waals surface area contributed by atoms with Gasteiger partial charge in [0.05, 0.1) is 9.80 Å². The van der Waals surface area contributed by atoms with E-state index in [0.717, 1.165) is 11.3 Å². The van der Waals surface area contributed by atoms with Crippen molar-refractivity contribution in [2.24, 2.45) is 5.92 Å². The normalized spacial score (nSPS) is 14.7. The molecule has 0 saturated carbocycles. The van der Waals surface area contributed by atoms with Crippen molar-refractivity contribution in [2.45, 2.75) is 19.3 Å². The van der Waals surface area contributed by atoms with E-state index in [4.69, 9.17) is 0 Å². The van der Waals surface area contributed by atoms with Crippen LogP contribution in [0.25, 0.3) is 0 Å². The van der Waals surface area contributed by atoms with Crippen molar-refractivity contribution in [1.29, 1.82) is 0 Å². The molecule has 9 heteroatoms. The van der Waals surface area contributed by atoms with Crippen LogP contribution in [0.3, 0.4) is 0 Å². The van der Waals surface area contributed by atoms with Crippen molar-refractivity contribution < 1.29 is 18.9 Å². The van der Waals surface area contributed by atoms with Gasteiger partial charge in [-0.1, -0.05) is 29.5 Å². The molecule has 0 radical (unpaired) electrons. The first-order chi connectivity index (χ1) is 13.5. The maximum absolute atomic E-state index is 13.6. The zero-order chi connectivity index (χ0) is 20.1. The minimum atomic E-state index is -0.515. The van der Waals surface area contributed by atoms with Gasteiger partial charge in [0.25, 0.3) is 5.91 Å². The smallest absolute Gasteiger partial charge is 0.324 e. The standard InChI is InChI=1S/C19H20FN3O4S/c20-15-4-2-1-3-13(15)7-10-21-18(24)14-8-11-22(12-9-14)19(25)16-5-6-17(28-16)23(26)27/h1-6,14H,7-12H2,(H,21,24). The zero-order valence-corrected chi connectivity index (χ0v) is 15.9. The number of nitrogens with zero attached hydrogens (tertiary/aromatic N) is 2. The summed E-state index contributed by atoms with van der Waals surface area (Å²) in [6.07, 6.45) is 1.49. The first kappa shape index (κ1) is 19.9. The minimum Gasteiger partial charge on any atom is -0.356 e. The molecule has 0 atom stereocenters. The number of piperidine rings is 1. The van der Waals surface area contributed by atoms with E-state index in [9.17, 15) is 24.1 Å². The number of amides is 2. The summed E-state index contributed by atoms with van der Waals surface area (Å²) in [5, 5.41) is 13.5. The number of carbonyl (C=O) groups is 2. The molecule has 2 heterocycles. The van der Waals surface area contributed by atoms with Crippen molar-refractivity contribution in [3.8, 4) is 0 Å². The lowest BCUT2D eigenvalue weighted by Gasteiger charge is -2.31. The molecule has 1 N–H and O–H groups in total. The van der Waals surface area contributed by atoms with Gasteiger partial charge < -0.3 is 10.2 Å². The second-order valence-corrected chi connectivity index (χ2v) is 7.66. The predicted molar refractivity (Wildman–Crippen MR) is 103 cm³/mol. The Kier molecular flexibility index (Phi) is 6.35. The van der Waals surface area contributed by atoms with E-state index in [-0.39, 0.29) is 28.6 Å². The summed E-state index contributed by atoms with van der Waals surface area (Å²) >= 11 is 0.860. The molecular formula is C19H20FN3O4S. The van der Waals surface area contributed by atoms with Gasteiger partial charge in [-0.2, -0.15) is 0 Å². The van der Waals surface area contributed by atoms with E-state index >= 15 is 0 Å². The highest BCUT2D eigenvalue weighted by atomic mass is 32.1. The fourth-order valence-corrected chi connectivity index (χ4v) is 4.00. The van der Waals surface area contributed by atoms with Crippen LogP contribution in [-0.2, 0) is 11.2 Å². The lowest BCUT2D eigenvalue weighted by molar-refractivity contribution is -0.380. The summed E-state index contributed by atoms with van der Waals surface area (Å²) in [5.41, 5.74) is 0.563. The lowest BCUT2D eigenvalue weighted by atomic mass is 9.95. The molecule has 1 aliphatic rings. The number of hydrogen-bond donors (Lipinski definition) is 1. The molecule has 148 valence electrons. The molecule has 0 unspecified atom stereocenters. The van der Waals surface area contributed by atoms with Gasteiger partial charge in [-0.3, -0.25) is 19.7 Å². The Labute approximate surface area is 165 Å². The van der Waals surface area contributed by atoms with Gasteiger partial charge in [0.2, 0.25) is 5.91 Å². The molecule has 0 bridgehead atoms. The van der Waals surface area contributed by atoms with E-state index in [0.29, 0.717) is 49.3 Å². The van der Waals surface area contributed by atoms with Crippen LogP contribution in [0.4, 0.5) is 9.39 Å². The zero-order valence-electron chi connectivity index (χ0n) is 15.1. The number of halogens is 1. The predicted octanol–water partition coefficient (Wildman–Crippen LogP) is 3.01. The molecular weight excluding hydrogens is 385 g/mol. The average molecular weight is 405 g/mol. The Morgan fingerprint density at radius 3 is 2.57 bits per heavy atom. The van der Waals surface area contributed by atoms with Crippen molar-refractivity contribution in [3.05, 3.63) is 62.8 Å².